The minimum absolute atomic E-state index is 0.167. The minimum atomic E-state index is -0.396. The SMILES string of the molecule is CN(CC(=O)Nc1ccc(Cl)c(Cl)c1)C(=O)CNC(=O)c1ccc(Br)s1. The monoisotopic (exact) mass is 477 g/mol. The van der Waals surface area contributed by atoms with Crippen LogP contribution in [-0.2, 0) is 9.59 Å². The number of benzene rings is 1. The zero-order chi connectivity index (χ0) is 19.3. The molecular formula is C16H14BrCl2N3O3S. The molecule has 2 N–H and O–H groups in total. The molecule has 2 aromatic rings. The second-order valence-electron chi connectivity index (χ2n) is 5.21. The fraction of sp³-hybridized carbons (Fsp3) is 0.188. The fourth-order valence-corrected chi connectivity index (χ4v) is 3.49. The maximum atomic E-state index is 12.1. The van der Waals surface area contributed by atoms with Gasteiger partial charge in [-0.05, 0) is 46.3 Å². The van der Waals surface area contributed by atoms with E-state index >= 15 is 0 Å². The first kappa shape index (κ1) is 20.7. The molecule has 6 nitrogen and oxygen atoms in total. The summed E-state index contributed by atoms with van der Waals surface area (Å²) in [5, 5.41) is 5.84. The molecule has 0 saturated carbocycles. The minimum Gasteiger partial charge on any atom is -0.342 e. The van der Waals surface area contributed by atoms with Crippen molar-refractivity contribution < 1.29 is 14.4 Å². The van der Waals surface area contributed by atoms with E-state index in [-0.39, 0.29) is 19.0 Å². The van der Waals surface area contributed by atoms with E-state index in [4.69, 9.17) is 23.2 Å². The molecule has 138 valence electrons. The van der Waals surface area contributed by atoms with Crippen LogP contribution in [0.4, 0.5) is 5.69 Å². The smallest absolute Gasteiger partial charge is 0.261 e. The number of hydrogen-bond donors (Lipinski definition) is 2. The van der Waals surface area contributed by atoms with Crippen LogP contribution in [0.1, 0.15) is 9.67 Å². The van der Waals surface area contributed by atoms with Crippen molar-refractivity contribution in [2.45, 2.75) is 0 Å². The normalized spacial score (nSPS) is 10.3. The Morgan fingerprint density at radius 1 is 1.15 bits per heavy atom. The topological polar surface area (TPSA) is 78.5 Å². The number of carbonyl (C=O) groups is 3. The number of halogens is 3. The summed E-state index contributed by atoms with van der Waals surface area (Å²) < 4.78 is 0.824. The summed E-state index contributed by atoms with van der Waals surface area (Å²) >= 11 is 16.2. The Hall–Kier alpha value is -1.61. The lowest BCUT2D eigenvalue weighted by Crippen LogP contribution is -2.41. The van der Waals surface area contributed by atoms with Crippen molar-refractivity contribution in [2.75, 3.05) is 25.5 Å². The third-order valence-electron chi connectivity index (χ3n) is 3.21. The van der Waals surface area contributed by atoms with Crippen molar-refractivity contribution in [1.82, 2.24) is 10.2 Å². The number of anilines is 1. The number of nitrogens with zero attached hydrogens (tertiary/aromatic N) is 1. The lowest BCUT2D eigenvalue weighted by Gasteiger charge is -2.17. The van der Waals surface area contributed by atoms with Crippen molar-refractivity contribution >= 4 is 73.9 Å². The van der Waals surface area contributed by atoms with Gasteiger partial charge in [-0.1, -0.05) is 23.2 Å². The summed E-state index contributed by atoms with van der Waals surface area (Å²) in [6.45, 7) is -0.371. The van der Waals surface area contributed by atoms with Crippen LogP contribution in [0.2, 0.25) is 10.0 Å². The average Bonchev–Trinajstić information content (AvgIpc) is 3.02. The zero-order valence-corrected chi connectivity index (χ0v) is 17.4. The number of hydrogen-bond acceptors (Lipinski definition) is 4. The van der Waals surface area contributed by atoms with Crippen LogP contribution in [0.3, 0.4) is 0 Å². The average molecular weight is 479 g/mol. The van der Waals surface area contributed by atoms with E-state index in [0.717, 1.165) is 3.79 Å². The van der Waals surface area contributed by atoms with Gasteiger partial charge in [0.15, 0.2) is 0 Å². The first-order chi connectivity index (χ1) is 12.3. The van der Waals surface area contributed by atoms with Crippen LogP contribution in [0.15, 0.2) is 34.1 Å². The van der Waals surface area contributed by atoms with E-state index in [1.54, 1.807) is 24.3 Å². The van der Waals surface area contributed by atoms with Gasteiger partial charge < -0.3 is 15.5 Å². The van der Waals surface area contributed by atoms with Crippen molar-refractivity contribution in [3.05, 3.63) is 49.0 Å². The maximum Gasteiger partial charge on any atom is 0.261 e. The van der Waals surface area contributed by atoms with E-state index < -0.39 is 11.8 Å². The predicted molar refractivity (Wildman–Crippen MR) is 107 cm³/mol. The van der Waals surface area contributed by atoms with Gasteiger partial charge in [-0.3, -0.25) is 14.4 Å². The van der Waals surface area contributed by atoms with E-state index in [1.807, 2.05) is 0 Å². The van der Waals surface area contributed by atoms with E-state index in [1.165, 1.54) is 29.4 Å². The quantitative estimate of drug-likeness (QED) is 0.665. The number of carbonyl (C=O) groups excluding carboxylic acids is 3. The molecule has 1 heterocycles. The largest absolute Gasteiger partial charge is 0.342 e. The number of amides is 3. The molecular weight excluding hydrogens is 465 g/mol. The highest BCUT2D eigenvalue weighted by Crippen LogP contribution is 2.25. The lowest BCUT2D eigenvalue weighted by atomic mass is 10.3. The van der Waals surface area contributed by atoms with Gasteiger partial charge >= 0.3 is 0 Å². The van der Waals surface area contributed by atoms with E-state index in [9.17, 15) is 14.4 Å². The Labute approximate surface area is 172 Å². The second kappa shape index (κ2) is 9.36. The number of thiophene rings is 1. The Kier molecular flexibility index (Phi) is 7.45. The van der Waals surface area contributed by atoms with Crippen molar-refractivity contribution in [3.63, 3.8) is 0 Å². The molecule has 3 amide bonds. The van der Waals surface area contributed by atoms with Crippen molar-refractivity contribution in [3.8, 4) is 0 Å². The van der Waals surface area contributed by atoms with Gasteiger partial charge in [0.25, 0.3) is 5.91 Å². The summed E-state index contributed by atoms with van der Waals surface area (Å²) in [5.41, 5.74) is 0.474. The van der Waals surface area contributed by atoms with Gasteiger partial charge in [0, 0.05) is 12.7 Å². The van der Waals surface area contributed by atoms with Gasteiger partial charge in [-0.2, -0.15) is 0 Å². The number of nitrogens with one attached hydrogen (secondary N) is 2. The lowest BCUT2D eigenvalue weighted by molar-refractivity contribution is -0.132. The molecule has 0 saturated heterocycles. The zero-order valence-electron chi connectivity index (χ0n) is 13.5. The summed E-state index contributed by atoms with van der Waals surface area (Å²) in [6.07, 6.45) is 0. The van der Waals surface area contributed by atoms with Gasteiger partial charge in [0.05, 0.1) is 31.8 Å². The maximum absolute atomic E-state index is 12.1. The standard InChI is InChI=1S/C16H14BrCl2N3O3S/c1-22(8-14(23)21-9-2-3-10(18)11(19)6-9)15(24)7-20-16(25)12-4-5-13(17)26-12/h2-6H,7-8H2,1H3,(H,20,25)(H,21,23). The Morgan fingerprint density at radius 3 is 2.50 bits per heavy atom. The van der Waals surface area contributed by atoms with Crippen molar-refractivity contribution in [2.24, 2.45) is 0 Å². The molecule has 0 aliphatic heterocycles. The van der Waals surface area contributed by atoms with Crippen LogP contribution in [0, 0.1) is 0 Å². The summed E-state index contributed by atoms with van der Waals surface area (Å²) in [5.74, 6) is -1.13. The molecule has 26 heavy (non-hydrogen) atoms. The summed E-state index contributed by atoms with van der Waals surface area (Å²) in [4.78, 5) is 37.7. The highest BCUT2D eigenvalue weighted by molar-refractivity contribution is 9.11. The third-order valence-corrected chi connectivity index (χ3v) is 5.57. The van der Waals surface area contributed by atoms with Gasteiger partial charge in [-0.25, -0.2) is 0 Å². The Balaban J connectivity index is 1.81. The van der Waals surface area contributed by atoms with Crippen LogP contribution in [0.5, 0.6) is 0 Å². The third kappa shape index (κ3) is 5.98. The molecule has 0 unspecified atom stereocenters. The highest BCUT2D eigenvalue weighted by Gasteiger charge is 2.15. The van der Waals surface area contributed by atoms with Crippen molar-refractivity contribution in [1.29, 1.82) is 0 Å². The van der Waals surface area contributed by atoms with Crippen LogP contribution < -0.4 is 10.6 Å². The van der Waals surface area contributed by atoms with Gasteiger partial charge in [0.1, 0.15) is 0 Å². The second-order valence-corrected chi connectivity index (χ2v) is 8.49. The molecule has 2 rings (SSSR count). The molecule has 0 fully saturated rings. The highest BCUT2D eigenvalue weighted by atomic mass is 79.9. The predicted octanol–water partition coefficient (Wildman–Crippen LogP) is 3.64. The Morgan fingerprint density at radius 2 is 1.88 bits per heavy atom. The number of rotatable bonds is 6. The molecule has 0 atom stereocenters. The van der Waals surface area contributed by atoms with Crippen LogP contribution >= 0.6 is 50.5 Å². The molecule has 10 heteroatoms. The summed E-state index contributed by atoms with van der Waals surface area (Å²) in [6, 6.07) is 8.09. The molecule has 0 aliphatic carbocycles. The molecule has 0 spiro atoms. The molecule has 0 radical (unpaired) electrons. The molecule has 0 bridgehead atoms. The molecule has 1 aromatic carbocycles. The Bertz CT molecular complexity index is 844. The van der Waals surface area contributed by atoms with Gasteiger partial charge in [0.2, 0.25) is 11.8 Å². The van der Waals surface area contributed by atoms with E-state index in [0.29, 0.717) is 20.6 Å². The van der Waals surface area contributed by atoms with E-state index in [2.05, 4.69) is 26.6 Å². The van der Waals surface area contributed by atoms with Crippen LogP contribution in [-0.4, -0.2) is 42.8 Å². The first-order valence-electron chi connectivity index (χ1n) is 7.28. The fourth-order valence-electron chi connectivity index (χ4n) is 1.89. The summed E-state index contributed by atoms with van der Waals surface area (Å²) in [7, 11) is 1.48. The number of likely N-dealkylation sites (N-methyl/N-ethyl adjacent to an activating group) is 1. The van der Waals surface area contributed by atoms with Gasteiger partial charge in [-0.15, -0.1) is 11.3 Å². The first-order valence-corrected chi connectivity index (χ1v) is 9.65. The van der Waals surface area contributed by atoms with Crippen LogP contribution in [0.25, 0.3) is 0 Å². The molecule has 0 aliphatic rings. The molecule has 1 aromatic heterocycles.